The Morgan fingerprint density at radius 3 is 2.33 bits per heavy atom. The lowest BCUT2D eigenvalue weighted by Gasteiger charge is -2.15. The van der Waals surface area contributed by atoms with Gasteiger partial charge in [0, 0.05) is 30.7 Å². The molecule has 0 amide bonds. The molecule has 0 saturated carbocycles. The van der Waals surface area contributed by atoms with Gasteiger partial charge in [0.2, 0.25) is 0 Å². The number of carbonyl (C=O) groups is 1. The average molecular weight is 199 g/mol. The van der Waals surface area contributed by atoms with Crippen LogP contribution < -0.4 is 4.90 Å². The minimum atomic E-state index is 0.746. The van der Waals surface area contributed by atoms with Gasteiger partial charge in [-0.3, -0.25) is 4.79 Å². The van der Waals surface area contributed by atoms with Crippen molar-refractivity contribution in [2.24, 2.45) is 0 Å². The van der Waals surface area contributed by atoms with Crippen LogP contribution in [0, 0.1) is 0 Å². The van der Waals surface area contributed by atoms with E-state index in [0.29, 0.717) is 0 Å². The van der Waals surface area contributed by atoms with Crippen molar-refractivity contribution in [3.8, 4) is 0 Å². The van der Waals surface area contributed by atoms with Gasteiger partial charge < -0.3 is 4.90 Å². The van der Waals surface area contributed by atoms with Crippen molar-refractivity contribution in [1.82, 2.24) is 0 Å². The Morgan fingerprint density at radius 1 is 1.00 bits per heavy atom. The SMILES string of the molecule is CN(C)c1cccc2c(C=O)cccc12. The minimum Gasteiger partial charge on any atom is -0.377 e. The first-order valence-electron chi connectivity index (χ1n) is 4.88. The molecule has 2 nitrogen and oxygen atoms in total. The van der Waals surface area contributed by atoms with Gasteiger partial charge in [-0.05, 0) is 11.5 Å². The van der Waals surface area contributed by atoms with E-state index in [0.717, 1.165) is 28.3 Å². The number of nitrogens with zero attached hydrogens (tertiary/aromatic N) is 1. The third kappa shape index (κ3) is 1.59. The van der Waals surface area contributed by atoms with Gasteiger partial charge in [0.1, 0.15) is 0 Å². The highest BCUT2D eigenvalue weighted by atomic mass is 16.1. The minimum absolute atomic E-state index is 0.746. The molecule has 0 aliphatic rings. The Hall–Kier alpha value is -1.83. The molecule has 2 heteroatoms. The summed E-state index contributed by atoms with van der Waals surface area (Å²) in [6.07, 6.45) is 0.905. The molecule has 0 bridgehead atoms. The van der Waals surface area contributed by atoms with Gasteiger partial charge in [0.05, 0.1) is 0 Å². The molecule has 0 saturated heterocycles. The van der Waals surface area contributed by atoms with Crippen molar-refractivity contribution >= 4 is 22.7 Å². The first-order valence-corrected chi connectivity index (χ1v) is 4.88. The zero-order valence-electron chi connectivity index (χ0n) is 8.90. The van der Waals surface area contributed by atoms with Crippen LogP contribution in [-0.2, 0) is 0 Å². The van der Waals surface area contributed by atoms with E-state index < -0.39 is 0 Å². The van der Waals surface area contributed by atoms with E-state index in [4.69, 9.17) is 0 Å². The van der Waals surface area contributed by atoms with Crippen LogP contribution in [0.1, 0.15) is 10.4 Å². The van der Waals surface area contributed by atoms with Crippen LogP contribution in [0.15, 0.2) is 36.4 Å². The summed E-state index contributed by atoms with van der Waals surface area (Å²) in [5, 5.41) is 2.13. The van der Waals surface area contributed by atoms with Crippen molar-refractivity contribution < 1.29 is 4.79 Å². The summed E-state index contributed by atoms with van der Waals surface area (Å²) in [4.78, 5) is 12.9. The molecule has 0 atom stereocenters. The predicted octanol–water partition coefficient (Wildman–Crippen LogP) is 2.72. The smallest absolute Gasteiger partial charge is 0.150 e. The van der Waals surface area contributed by atoms with Gasteiger partial charge >= 0.3 is 0 Å². The number of fused-ring (bicyclic) bond motifs is 1. The van der Waals surface area contributed by atoms with Crippen molar-refractivity contribution in [3.05, 3.63) is 42.0 Å². The van der Waals surface area contributed by atoms with E-state index in [1.807, 2.05) is 44.4 Å². The molecule has 2 rings (SSSR count). The third-order valence-corrected chi connectivity index (χ3v) is 2.54. The second-order valence-corrected chi connectivity index (χ2v) is 3.73. The highest BCUT2D eigenvalue weighted by Gasteiger charge is 2.04. The molecule has 0 N–H and O–H groups in total. The molecule has 76 valence electrons. The molecule has 15 heavy (non-hydrogen) atoms. The number of rotatable bonds is 2. The third-order valence-electron chi connectivity index (χ3n) is 2.54. The van der Waals surface area contributed by atoms with Crippen LogP contribution in [-0.4, -0.2) is 20.4 Å². The van der Waals surface area contributed by atoms with Crippen LogP contribution in [0.5, 0.6) is 0 Å². The summed E-state index contributed by atoms with van der Waals surface area (Å²) in [6, 6.07) is 11.8. The zero-order chi connectivity index (χ0) is 10.8. The largest absolute Gasteiger partial charge is 0.377 e. The Bertz CT molecular complexity index is 503. The molecule has 2 aromatic rings. The summed E-state index contributed by atoms with van der Waals surface area (Å²) in [7, 11) is 4.00. The van der Waals surface area contributed by atoms with Crippen molar-refractivity contribution in [2.75, 3.05) is 19.0 Å². The lowest BCUT2D eigenvalue weighted by Crippen LogP contribution is -2.08. The summed E-state index contributed by atoms with van der Waals surface area (Å²) in [5.41, 5.74) is 1.88. The second-order valence-electron chi connectivity index (χ2n) is 3.73. The van der Waals surface area contributed by atoms with E-state index >= 15 is 0 Å². The van der Waals surface area contributed by atoms with Crippen molar-refractivity contribution in [2.45, 2.75) is 0 Å². The number of carbonyl (C=O) groups excluding carboxylic acids is 1. The van der Waals surface area contributed by atoms with Crippen molar-refractivity contribution in [1.29, 1.82) is 0 Å². The average Bonchev–Trinajstić information content (AvgIpc) is 2.27. The highest BCUT2D eigenvalue weighted by Crippen LogP contribution is 2.26. The number of hydrogen-bond donors (Lipinski definition) is 0. The summed E-state index contributed by atoms with van der Waals surface area (Å²) in [6.45, 7) is 0. The Labute approximate surface area is 89.1 Å². The zero-order valence-corrected chi connectivity index (χ0v) is 8.90. The van der Waals surface area contributed by atoms with Gasteiger partial charge in [-0.25, -0.2) is 0 Å². The molecule has 0 unspecified atom stereocenters. The second kappa shape index (κ2) is 3.73. The van der Waals surface area contributed by atoms with Crippen LogP contribution in [0.4, 0.5) is 5.69 Å². The molecule has 0 fully saturated rings. The Kier molecular flexibility index (Phi) is 2.42. The molecule has 0 spiro atoms. The maximum absolute atomic E-state index is 10.9. The number of anilines is 1. The summed E-state index contributed by atoms with van der Waals surface area (Å²) >= 11 is 0. The highest BCUT2D eigenvalue weighted by molar-refractivity contribution is 6.03. The van der Waals surface area contributed by atoms with E-state index in [2.05, 4.69) is 11.0 Å². The maximum Gasteiger partial charge on any atom is 0.150 e. The molecular formula is C13H13NO. The van der Waals surface area contributed by atoms with Gasteiger partial charge in [0.15, 0.2) is 6.29 Å². The quantitative estimate of drug-likeness (QED) is 0.693. The molecule has 0 aliphatic heterocycles. The van der Waals surface area contributed by atoms with Gasteiger partial charge in [-0.2, -0.15) is 0 Å². The van der Waals surface area contributed by atoms with Crippen LogP contribution >= 0.6 is 0 Å². The molecule has 2 aromatic carbocycles. The lowest BCUT2D eigenvalue weighted by atomic mass is 10.0. The predicted molar refractivity (Wildman–Crippen MR) is 63.7 cm³/mol. The fourth-order valence-corrected chi connectivity index (χ4v) is 1.81. The fourth-order valence-electron chi connectivity index (χ4n) is 1.81. The van der Waals surface area contributed by atoms with Gasteiger partial charge in [0.25, 0.3) is 0 Å². The first-order chi connectivity index (χ1) is 7.24. The van der Waals surface area contributed by atoms with E-state index in [1.165, 1.54) is 0 Å². The fraction of sp³-hybridized carbons (Fsp3) is 0.154. The molecule has 0 heterocycles. The van der Waals surface area contributed by atoms with E-state index in [1.54, 1.807) is 0 Å². The monoisotopic (exact) mass is 199 g/mol. The topological polar surface area (TPSA) is 20.3 Å². The molecular weight excluding hydrogens is 186 g/mol. The Balaban J connectivity index is 2.82. The molecule has 0 aliphatic carbocycles. The first kappa shape index (κ1) is 9.71. The molecule has 0 aromatic heterocycles. The summed E-state index contributed by atoms with van der Waals surface area (Å²) < 4.78 is 0. The van der Waals surface area contributed by atoms with Crippen molar-refractivity contribution in [3.63, 3.8) is 0 Å². The number of benzene rings is 2. The lowest BCUT2D eigenvalue weighted by molar-refractivity contribution is 0.112. The van der Waals surface area contributed by atoms with Gasteiger partial charge in [-0.15, -0.1) is 0 Å². The summed E-state index contributed by atoms with van der Waals surface area (Å²) in [5.74, 6) is 0. The standard InChI is InChI=1S/C13H13NO/c1-14(2)13-8-4-6-11-10(9-15)5-3-7-12(11)13/h3-9H,1-2H3. The molecule has 0 radical (unpaired) electrons. The number of hydrogen-bond acceptors (Lipinski definition) is 2. The van der Waals surface area contributed by atoms with Crippen LogP contribution in [0.2, 0.25) is 0 Å². The maximum atomic E-state index is 10.9. The number of aldehydes is 1. The van der Waals surface area contributed by atoms with Gasteiger partial charge in [-0.1, -0.05) is 30.3 Å². The van der Waals surface area contributed by atoms with E-state index in [9.17, 15) is 4.79 Å². The van der Waals surface area contributed by atoms with E-state index in [-0.39, 0.29) is 0 Å². The van der Waals surface area contributed by atoms with Crippen LogP contribution in [0.25, 0.3) is 10.8 Å². The van der Waals surface area contributed by atoms with Crippen LogP contribution in [0.3, 0.4) is 0 Å². The Morgan fingerprint density at radius 2 is 1.67 bits per heavy atom. The normalized spacial score (nSPS) is 10.3.